The lowest BCUT2D eigenvalue weighted by Crippen LogP contribution is -2.07. The zero-order valence-corrected chi connectivity index (χ0v) is 10.7. The predicted molar refractivity (Wildman–Crippen MR) is 64.2 cm³/mol. The van der Waals surface area contributed by atoms with Gasteiger partial charge in [0.1, 0.15) is 23.1 Å². The highest BCUT2D eigenvalue weighted by molar-refractivity contribution is 5.94. The summed E-state index contributed by atoms with van der Waals surface area (Å²) in [6, 6.07) is 1.98. The second-order valence-corrected chi connectivity index (χ2v) is 3.71. The number of hydrogen-bond acceptors (Lipinski definition) is 5. The highest BCUT2D eigenvalue weighted by Crippen LogP contribution is 2.30. The van der Waals surface area contributed by atoms with Crippen LogP contribution in [-0.2, 0) is 4.74 Å². The van der Waals surface area contributed by atoms with E-state index in [2.05, 4.69) is 15.4 Å². The van der Waals surface area contributed by atoms with E-state index in [1.165, 1.54) is 7.11 Å². The van der Waals surface area contributed by atoms with E-state index in [1.54, 1.807) is 6.92 Å². The van der Waals surface area contributed by atoms with Crippen molar-refractivity contribution < 1.29 is 23.0 Å². The van der Waals surface area contributed by atoms with Gasteiger partial charge in [-0.2, -0.15) is 10.3 Å². The molecule has 0 bridgehead atoms. The van der Waals surface area contributed by atoms with Crippen molar-refractivity contribution in [3.63, 3.8) is 0 Å². The number of methoxy groups -OCH3 is 1. The number of H-pyrrole nitrogens is 1. The van der Waals surface area contributed by atoms with Crippen molar-refractivity contribution in [2.24, 2.45) is 0 Å². The van der Waals surface area contributed by atoms with Crippen LogP contribution in [-0.4, -0.2) is 35.1 Å². The van der Waals surface area contributed by atoms with Crippen LogP contribution >= 0.6 is 0 Å². The number of carbonyl (C=O) groups excluding carboxylic acids is 1. The van der Waals surface area contributed by atoms with Gasteiger partial charge in [0.2, 0.25) is 0 Å². The molecule has 8 heteroatoms. The van der Waals surface area contributed by atoms with Crippen molar-refractivity contribution in [1.29, 1.82) is 0 Å². The molecular formula is C12H11F2N3O3. The minimum atomic E-state index is -0.915. The van der Waals surface area contributed by atoms with Crippen LogP contribution in [0.5, 0.6) is 5.75 Å². The fraction of sp³-hybridized carbons (Fsp3) is 0.250. The molecule has 6 nitrogen and oxygen atoms in total. The van der Waals surface area contributed by atoms with Crippen LogP contribution in [0.1, 0.15) is 17.4 Å². The molecule has 0 unspecified atom stereocenters. The highest BCUT2D eigenvalue weighted by Gasteiger charge is 2.25. The second kappa shape index (κ2) is 5.64. The number of benzene rings is 1. The number of esters is 1. The summed E-state index contributed by atoms with van der Waals surface area (Å²) in [7, 11) is 1.29. The van der Waals surface area contributed by atoms with Crippen molar-refractivity contribution in [2.45, 2.75) is 6.92 Å². The van der Waals surface area contributed by atoms with Gasteiger partial charge in [-0.05, 0) is 6.92 Å². The molecule has 106 valence electrons. The smallest absolute Gasteiger partial charge is 0.361 e. The molecule has 1 aromatic carbocycles. The van der Waals surface area contributed by atoms with Gasteiger partial charge in [0, 0.05) is 12.1 Å². The standard InChI is InChI=1S/C12H11F2N3O3/c1-3-20-12(18)11-10(15-17-16-11)9-7(13)4-6(19-2)5-8(9)14/h4-5H,3H2,1-2H3,(H,15,16,17). The molecule has 0 atom stereocenters. The Morgan fingerprint density at radius 2 is 1.95 bits per heavy atom. The third-order valence-corrected chi connectivity index (χ3v) is 2.50. The Balaban J connectivity index is 2.53. The molecule has 0 amide bonds. The molecule has 0 fully saturated rings. The molecular weight excluding hydrogens is 272 g/mol. The fourth-order valence-electron chi connectivity index (χ4n) is 1.64. The first-order valence-electron chi connectivity index (χ1n) is 5.69. The number of aromatic nitrogens is 3. The van der Waals surface area contributed by atoms with Gasteiger partial charge in [-0.3, -0.25) is 0 Å². The highest BCUT2D eigenvalue weighted by atomic mass is 19.1. The van der Waals surface area contributed by atoms with E-state index in [0.717, 1.165) is 12.1 Å². The summed E-state index contributed by atoms with van der Waals surface area (Å²) >= 11 is 0. The lowest BCUT2D eigenvalue weighted by Gasteiger charge is -2.06. The molecule has 20 heavy (non-hydrogen) atoms. The lowest BCUT2D eigenvalue weighted by molar-refractivity contribution is 0.0520. The van der Waals surface area contributed by atoms with Gasteiger partial charge in [0.15, 0.2) is 5.69 Å². The second-order valence-electron chi connectivity index (χ2n) is 3.71. The van der Waals surface area contributed by atoms with E-state index < -0.39 is 23.2 Å². The molecule has 2 rings (SSSR count). The third kappa shape index (κ3) is 2.44. The van der Waals surface area contributed by atoms with Crippen LogP contribution in [0.4, 0.5) is 8.78 Å². The van der Waals surface area contributed by atoms with Crippen molar-refractivity contribution in [1.82, 2.24) is 15.4 Å². The molecule has 0 spiro atoms. The molecule has 2 aromatic rings. The third-order valence-electron chi connectivity index (χ3n) is 2.50. The molecule has 0 saturated carbocycles. The van der Waals surface area contributed by atoms with Crippen LogP contribution in [0.3, 0.4) is 0 Å². The monoisotopic (exact) mass is 283 g/mol. The van der Waals surface area contributed by atoms with Crippen LogP contribution in [0.25, 0.3) is 11.3 Å². The molecule has 1 aromatic heterocycles. The summed E-state index contributed by atoms with van der Waals surface area (Å²) in [6.45, 7) is 1.71. The predicted octanol–water partition coefficient (Wildman–Crippen LogP) is 1.94. The Kier molecular flexibility index (Phi) is 3.92. The number of ether oxygens (including phenoxy) is 2. The Bertz CT molecular complexity index is 620. The van der Waals surface area contributed by atoms with Gasteiger partial charge in [-0.25, -0.2) is 13.6 Å². The number of hydrogen-bond donors (Lipinski definition) is 1. The van der Waals surface area contributed by atoms with E-state index >= 15 is 0 Å². The van der Waals surface area contributed by atoms with E-state index in [0.29, 0.717) is 0 Å². The maximum absolute atomic E-state index is 13.9. The SMILES string of the molecule is CCOC(=O)c1n[nH]nc1-c1c(F)cc(OC)cc1F. The summed E-state index contributed by atoms with van der Waals surface area (Å²) in [5.74, 6) is -2.63. The average molecular weight is 283 g/mol. The summed E-state index contributed by atoms with van der Waals surface area (Å²) in [5, 5.41) is 9.32. The Labute approximate surface area is 112 Å². The summed E-state index contributed by atoms with van der Waals surface area (Å²) in [5.41, 5.74) is -1.00. The maximum Gasteiger partial charge on any atom is 0.361 e. The van der Waals surface area contributed by atoms with E-state index in [4.69, 9.17) is 9.47 Å². The number of nitrogens with one attached hydrogen (secondary N) is 1. The first kappa shape index (κ1) is 13.9. The number of nitrogens with zero attached hydrogens (tertiary/aromatic N) is 2. The van der Waals surface area contributed by atoms with Gasteiger partial charge < -0.3 is 9.47 Å². The molecule has 0 aliphatic carbocycles. The van der Waals surface area contributed by atoms with Crippen molar-refractivity contribution >= 4 is 5.97 Å². The Morgan fingerprint density at radius 1 is 1.30 bits per heavy atom. The zero-order chi connectivity index (χ0) is 14.7. The Hall–Kier alpha value is -2.51. The summed E-state index contributed by atoms with van der Waals surface area (Å²) < 4.78 is 37.4. The van der Waals surface area contributed by atoms with Gasteiger partial charge in [0.25, 0.3) is 0 Å². The van der Waals surface area contributed by atoms with Crippen molar-refractivity contribution in [3.05, 3.63) is 29.5 Å². The largest absolute Gasteiger partial charge is 0.497 e. The van der Waals surface area contributed by atoms with Gasteiger partial charge in [0.05, 0.1) is 19.3 Å². The maximum atomic E-state index is 13.9. The average Bonchev–Trinajstić information content (AvgIpc) is 2.87. The van der Waals surface area contributed by atoms with E-state index in [-0.39, 0.29) is 23.7 Å². The molecule has 0 aliphatic rings. The number of carbonyl (C=O) groups is 1. The first-order chi connectivity index (χ1) is 9.58. The number of aromatic amines is 1. The number of rotatable bonds is 4. The molecule has 1 N–H and O–H groups in total. The molecule has 1 heterocycles. The quantitative estimate of drug-likeness (QED) is 0.868. The molecule has 0 aliphatic heterocycles. The Morgan fingerprint density at radius 3 is 2.50 bits per heavy atom. The lowest BCUT2D eigenvalue weighted by atomic mass is 10.1. The molecule has 0 radical (unpaired) electrons. The van der Waals surface area contributed by atoms with Crippen LogP contribution in [0.15, 0.2) is 12.1 Å². The van der Waals surface area contributed by atoms with E-state index in [9.17, 15) is 13.6 Å². The van der Waals surface area contributed by atoms with Gasteiger partial charge in [-0.1, -0.05) is 0 Å². The van der Waals surface area contributed by atoms with Crippen LogP contribution < -0.4 is 4.74 Å². The van der Waals surface area contributed by atoms with Gasteiger partial charge >= 0.3 is 5.97 Å². The minimum Gasteiger partial charge on any atom is -0.497 e. The topological polar surface area (TPSA) is 77.1 Å². The van der Waals surface area contributed by atoms with E-state index in [1.807, 2.05) is 0 Å². The molecule has 0 saturated heterocycles. The minimum absolute atomic E-state index is 0.0185. The number of halogens is 2. The fourth-order valence-corrected chi connectivity index (χ4v) is 1.64. The van der Waals surface area contributed by atoms with Crippen LogP contribution in [0.2, 0.25) is 0 Å². The first-order valence-corrected chi connectivity index (χ1v) is 5.69. The van der Waals surface area contributed by atoms with Gasteiger partial charge in [-0.15, -0.1) is 5.10 Å². The normalized spacial score (nSPS) is 10.4. The van der Waals surface area contributed by atoms with Crippen LogP contribution in [0, 0.1) is 11.6 Å². The van der Waals surface area contributed by atoms with Crippen molar-refractivity contribution in [2.75, 3.05) is 13.7 Å². The summed E-state index contributed by atoms with van der Waals surface area (Å²) in [6.07, 6.45) is 0. The van der Waals surface area contributed by atoms with Crippen molar-refractivity contribution in [3.8, 4) is 17.0 Å². The zero-order valence-electron chi connectivity index (χ0n) is 10.7. The summed E-state index contributed by atoms with van der Waals surface area (Å²) in [4.78, 5) is 11.6.